The van der Waals surface area contributed by atoms with Crippen molar-refractivity contribution in [2.24, 2.45) is 0 Å². The van der Waals surface area contributed by atoms with Crippen LogP contribution in [0.1, 0.15) is 30.1 Å². The molecule has 2 aromatic carbocycles. The van der Waals surface area contributed by atoms with Crippen molar-refractivity contribution in [3.05, 3.63) is 48.0 Å². The van der Waals surface area contributed by atoms with Gasteiger partial charge in [0.25, 0.3) is 5.91 Å². The Labute approximate surface area is 167 Å². The first-order valence-electron chi connectivity index (χ1n) is 9.33. The van der Waals surface area contributed by atoms with Crippen molar-refractivity contribution in [3.8, 4) is 11.5 Å². The number of ether oxygens (including phenoxy) is 3. The molecule has 8 heteroatoms. The van der Waals surface area contributed by atoms with E-state index in [-0.39, 0.29) is 12.7 Å². The largest absolute Gasteiger partial charge is 0.454 e. The average Bonchev–Trinajstić information content (AvgIpc) is 3.36. The molecule has 2 aliphatic rings. The first-order chi connectivity index (χ1) is 14.0. The third kappa shape index (κ3) is 4.01. The molecule has 0 spiro atoms. The summed E-state index contributed by atoms with van der Waals surface area (Å²) >= 11 is 0. The average molecular weight is 396 g/mol. The van der Waals surface area contributed by atoms with Crippen molar-refractivity contribution in [3.63, 3.8) is 0 Å². The molecular weight excluding hydrogens is 376 g/mol. The fourth-order valence-corrected chi connectivity index (χ4v) is 3.20. The minimum atomic E-state index is -0.993. The van der Waals surface area contributed by atoms with Crippen molar-refractivity contribution in [2.45, 2.75) is 25.9 Å². The maximum absolute atomic E-state index is 12.3. The number of hydrogen-bond acceptors (Lipinski definition) is 6. The molecule has 4 rings (SSSR count). The fraction of sp³-hybridized carbons (Fsp3) is 0.286. The highest BCUT2D eigenvalue weighted by molar-refractivity contribution is 5.98. The highest BCUT2D eigenvalue weighted by Gasteiger charge is 2.23. The number of carbonyl (C=O) groups is 3. The first kappa shape index (κ1) is 18.8. The number of anilines is 2. The molecule has 150 valence electrons. The Bertz CT molecular complexity index is 956. The van der Waals surface area contributed by atoms with Gasteiger partial charge in [-0.15, -0.1) is 0 Å². The van der Waals surface area contributed by atoms with Gasteiger partial charge in [-0.3, -0.25) is 9.59 Å². The van der Waals surface area contributed by atoms with Crippen LogP contribution in [-0.4, -0.2) is 37.2 Å². The molecule has 0 saturated carbocycles. The molecule has 2 aliphatic heterocycles. The number of nitrogens with zero attached hydrogens (tertiary/aromatic N) is 1. The molecule has 2 heterocycles. The normalized spacial score (nSPS) is 15.9. The number of esters is 1. The van der Waals surface area contributed by atoms with E-state index < -0.39 is 18.0 Å². The Kier molecular flexibility index (Phi) is 5.07. The summed E-state index contributed by atoms with van der Waals surface area (Å²) < 4.78 is 15.8. The van der Waals surface area contributed by atoms with Gasteiger partial charge < -0.3 is 24.4 Å². The molecule has 1 unspecified atom stereocenters. The second kappa shape index (κ2) is 7.83. The lowest BCUT2D eigenvalue weighted by Crippen LogP contribution is -2.30. The summed E-state index contributed by atoms with van der Waals surface area (Å²) in [5.41, 5.74) is 1.57. The standard InChI is InChI=1S/C21H20N2O6/c1-13(20(25)22-15-6-9-17-18(11-15)28-12-27-17)29-21(26)14-4-7-16(8-5-14)23-10-2-3-19(23)24/h4-9,11,13H,2-3,10,12H2,1H3,(H,22,25). The summed E-state index contributed by atoms with van der Waals surface area (Å²) in [4.78, 5) is 38.2. The van der Waals surface area contributed by atoms with E-state index in [1.54, 1.807) is 47.4 Å². The zero-order valence-corrected chi connectivity index (χ0v) is 15.8. The highest BCUT2D eigenvalue weighted by atomic mass is 16.7. The number of benzene rings is 2. The van der Waals surface area contributed by atoms with Crippen LogP contribution in [0.15, 0.2) is 42.5 Å². The third-order valence-corrected chi connectivity index (χ3v) is 4.78. The van der Waals surface area contributed by atoms with Crippen LogP contribution in [0.25, 0.3) is 0 Å². The van der Waals surface area contributed by atoms with Crippen LogP contribution in [0.4, 0.5) is 11.4 Å². The summed E-state index contributed by atoms with van der Waals surface area (Å²) in [7, 11) is 0. The van der Waals surface area contributed by atoms with Gasteiger partial charge in [0.2, 0.25) is 12.7 Å². The van der Waals surface area contributed by atoms with E-state index in [2.05, 4.69) is 5.32 Å². The van der Waals surface area contributed by atoms with E-state index in [0.717, 1.165) is 12.1 Å². The van der Waals surface area contributed by atoms with E-state index in [4.69, 9.17) is 14.2 Å². The lowest BCUT2D eigenvalue weighted by molar-refractivity contribution is -0.123. The summed E-state index contributed by atoms with van der Waals surface area (Å²) in [6.45, 7) is 2.32. The number of rotatable bonds is 5. The monoisotopic (exact) mass is 396 g/mol. The van der Waals surface area contributed by atoms with Gasteiger partial charge in [-0.1, -0.05) is 0 Å². The zero-order valence-electron chi connectivity index (χ0n) is 15.8. The van der Waals surface area contributed by atoms with Crippen LogP contribution in [-0.2, 0) is 14.3 Å². The summed E-state index contributed by atoms with van der Waals surface area (Å²) in [6, 6.07) is 11.6. The quantitative estimate of drug-likeness (QED) is 0.781. The first-order valence-corrected chi connectivity index (χ1v) is 9.33. The van der Waals surface area contributed by atoms with Gasteiger partial charge in [-0.2, -0.15) is 0 Å². The Hall–Kier alpha value is -3.55. The van der Waals surface area contributed by atoms with E-state index >= 15 is 0 Å². The maximum atomic E-state index is 12.3. The molecule has 29 heavy (non-hydrogen) atoms. The van der Waals surface area contributed by atoms with E-state index in [0.29, 0.717) is 35.7 Å². The fourth-order valence-electron chi connectivity index (χ4n) is 3.20. The minimum absolute atomic E-state index is 0.0779. The van der Waals surface area contributed by atoms with Gasteiger partial charge >= 0.3 is 5.97 Å². The van der Waals surface area contributed by atoms with Gasteiger partial charge in [0, 0.05) is 30.4 Å². The molecule has 0 aromatic heterocycles. The topological polar surface area (TPSA) is 94.2 Å². The maximum Gasteiger partial charge on any atom is 0.338 e. The molecule has 1 atom stereocenters. The Balaban J connectivity index is 1.35. The molecule has 1 saturated heterocycles. The smallest absolute Gasteiger partial charge is 0.338 e. The van der Waals surface area contributed by atoms with Gasteiger partial charge in [-0.05, 0) is 49.7 Å². The van der Waals surface area contributed by atoms with Crippen LogP contribution in [0.3, 0.4) is 0 Å². The Morgan fingerprint density at radius 1 is 1.10 bits per heavy atom. The predicted molar refractivity (Wildman–Crippen MR) is 104 cm³/mol. The minimum Gasteiger partial charge on any atom is -0.454 e. The van der Waals surface area contributed by atoms with Gasteiger partial charge in [0.1, 0.15) is 0 Å². The van der Waals surface area contributed by atoms with Crippen LogP contribution in [0.2, 0.25) is 0 Å². The third-order valence-electron chi connectivity index (χ3n) is 4.78. The second-order valence-electron chi connectivity index (χ2n) is 6.80. The Morgan fingerprint density at radius 2 is 1.86 bits per heavy atom. The summed E-state index contributed by atoms with van der Waals surface area (Å²) in [6.07, 6.45) is 0.381. The van der Waals surface area contributed by atoms with E-state index in [9.17, 15) is 14.4 Å². The molecule has 2 aromatic rings. The van der Waals surface area contributed by atoms with Crippen LogP contribution in [0.5, 0.6) is 11.5 Å². The van der Waals surface area contributed by atoms with Crippen LogP contribution in [0, 0.1) is 0 Å². The lowest BCUT2D eigenvalue weighted by Gasteiger charge is -2.16. The van der Waals surface area contributed by atoms with Gasteiger partial charge in [0.05, 0.1) is 5.56 Å². The van der Waals surface area contributed by atoms with Gasteiger partial charge in [-0.25, -0.2) is 4.79 Å². The molecule has 0 aliphatic carbocycles. The summed E-state index contributed by atoms with van der Waals surface area (Å²) in [5.74, 6) is 0.161. The predicted octanol–water partition coefficient (Wildman–Crippen LogP) is 2.73. The van der Waals surface area contributed by atoms with Crippen LogP contribution >= 0.6 is 0 Å². The van der Waals surface area contributed by atoms with Crippen molar-refractivity contribution in [1.82, 2.24) is 0 Å². The van der Waals surface area contributed by atoms with E-state index in [1.165, 1.54) is 6.92 Å². The summed E-state index contributed by atoms with van der Waals surface area (Å²) in [5, 5.41) is 2.68. The lowest BCUT2D eigenvalue weighted by atomic mass is 10.2. The van der Waals surface area contributed by atoms with Crippen molar-refractivity contribution in [2.75, 3.05) is 23.6 Å². The zero-order chi connectivity index (χ0) is 20.4. The molecule has 1 N–H and O–H groups in total. The molecular formula is C21H20N2O6. The number of nitrogens with one attached hydrogen (secondary N) is 1. The number of carbonyl (C=O) groups excluding carboxylic acids is 3. The number of fused-ring (bicyclic) bond motifs is 1. The molecule has 2 amide bonds. The molecule has 1 fully saturated rings. The SMILES string of the molecule is CC(OC(=O)c1ccc(N2CCCC2=O)cc1)C(=O)Nc1ccc2c(c1)OCO2. The molecule has 8 nitrogen and oxygen atoms in total. The molecule has 0 bridgehead atoms. The van der Waals surface area contributed by atoms with Crippen molar-refractivity contribution < 1.29 is 28.6 Å². The van der Waals surface area contributed by atoms with Crippen LogP contribution < -0.4 is 19.7 Å². The number of amides is 2. The number of hydrogen-bond donors (Lipinski definition) is 1. The molecule has 0 radical (unpaired) electrons. The Morgan fingerprint density at radius 3 is 2.59 bits per heavy atom. The van der Waals surface area contributed by atoms with Crippen molar-refractivity contribution >= 4 is 29.2 Å². The van der Waals surface area contributed by atoms with Crippen molar-refractivity contribution in [1.29, 1.82) is 0 Å². The van der Waals surface area contributed by atoms with E-state index in [1.807, 2.05) is 0 Å². The van der Waals surface area contributed by atoms with Gasteiger partial charge in [0.15, 0.2) is 17.6 Å². The second-order valence-corrected chi connectivity index (χ2v) is 6.80. The highest BCUT2D eigenvalue weighted by Crippen LogP contribution is 2.34.